The van der Waals surface area contributed by atoms with Gasteiger partial charge >= 0.3 is 0 Å². The lowest BCUT2D eigenvalue weighted by Gasteiger charge is -2.36. The van der Waals surface area contributed by atoms with E-state index >= 15 is 0 Å². The summed E-state index contributed by atoms with van der Waals surface area (Å²) in [5.41, 5.74) is 8.30. The summed E-state index contributed by atoms with van der Waals surface area (Å²) in [4.78, 5) is 57.6. The molecular weight excluding hydrogens is 849 g/mol. The number of fused-ring (bicyclic) bond motifs is 6. The van der Waals surface area contributed by atoms with Gasteiger partial charge in [-0.3, -0.25) is 29.5 Å². The molecule has 2 aromatic carbocycles. The summed E-state index contributed by atoms with van der Waals surface area (Å²) in [5.74, 6) is 0.480. The van der Waals surface area contributed by atoms with Crippen molar-refractivity contribution in [3.63, 3.8) is 0 Å². The van der Waals surface area contributed by atoms with Gasteiger partial charge in [-0.25, -0.2) is 19.3 Å². The molecule has 4 atom stereocenters. The predicted molar refractivity (Wildman–Crippen MR) is 250 cm³/mol. The molecule has 3 fully saturated rings. The summed E-state index contributed by atoms with van der Waals surface area (Å²) >= 11 is 0. The molecule has 3 N–H and O–H groups in total. The third-order valence-corrected chi connectivity index (χ3v) is 15.8. The smallest absolute Gasteiger partial charge is 0.278 e. The minimum absolute atomic E-state index is 0.164. The van der Waals surface area contributed by atoms with Crippen LogP contribution >= 0.6 is 0 Å². The van der Waals surface area contributed by atoms with E-state index in [0.717, 1.165) is 74.1 Å². The summed E-state index contributed by atoms with van der Waals surface area (Å²) < 4.78 is 15.7. The highest BCUT2D eigenvalue weighted by Crippen LogP contribution is 2.44. The Bertz CT molecular complexity index is 3040. The van der Waals surface area contributed by atoms with Gasteiger partial charge in [0.2, 0.25) is 17.8 Å². The van der Waals surface area contributed by atoms with Crippen LogP contribution in [0, 0.1) is 5.92 Å². The van der Waals surface area contributed by atoms with E-state index in [2.05, 4.69) is 67.5 Å². The summed E-state index contributed by atoms with van der Waals surface area (Å²) in [6.07, 6.45) is 13.9. The van der Waals surface area contributed by atoms with Gasteiger partial charge in [0.05, 0.1) is 18.2 Å². The molecule has 6 aliphatic rings. The molecule has 2 amide bonds. The van der Waals surface area contributed by atoms with Crippen LogP contribution in [-0.4, -0.2) is 94.2 Å². The number of carbonyl (C=O) groups excluding carboxylic acids is 2. The number of epoxide rings is 1. The van der Waals surface area contributed by atoms with Crippen molar-refractivity contribution in [1.29, 1.82) is 0 Å². The zero-order valence-corrected chi connectivity index (χ0v) is 37.9. The second kappa shape index (κ2) is 16.6. The van der Waals surface area contributed by atoms with Gasteiger partial charge in [-0.05, 0) is 123 Å². The van der Waals surface area contributed by atoms with E-state index in [1.54, 1.807) is 21.6 Å². The quantitative estimate of drug-likeness (QED) is 0.0844. The molecule has 67 heavy (non-hydrogen) atoms. The second-order valence-electron chi connectivity index (χ2n) is 19.6. The summed E-state index contributed by atoms with van der Waals surface area (Å²) in [5, 5.41) is 22.8. The third-order valence-electron chi connectivity index (χ3n) is 15.8. The summed E-state index contributed by atoms with van der Waals surface area (Å²) in [6.45, 7) is 9.87. The molecule has 6 aromatic rings. The van der Waals surface area contributed by atoms with Crippen LogP contribution in [0.4, 0.5) is 11.6 Å². The Balaban J connectivity index is 0.669. The molecule has 4 aliphatic heterocycles. The average molecular weight is 905 g/mol. The molecule has 8 heterocycles. The number of nitrogens with zero attached hydrogens (tertiary/aromatic N) is 8. The number of aliphatic hydroxyl groups is 1. The van der Waals surface area contributed by atoms with Crippen molar-refractivity contribution in [2.24, 2.45) is 5.92 Å². The Labute approximate surface area is 387 Å². The first-order valence-corrected chi connectivity index (χ1v) is 24.2. The van der Waals surface area contributed by atoms with Gasteiger partial charge in [-0.2, -0.15) is 4.98 Å². The van der Waals surface area contributed by atoms with Crippen molar-refractivity contribution in [2.75, 3.05) is 25.0 Å². The lowest BCUT2D eigenvalue weighted by molar-refractivity contribution is -0.134. The van der Waals surface area contributed by atoms with Crippen LogP contribution in [0.1, 0.15) is 103 Å². The van der Waals surface area contributed by atoms with Crippen LogP contribution in [0.15, 0.2) is 70.6 Å². The number of amides is 2. The standard InChI is InChI=1S/C51H56N10O6/c1-3-22-60-48(64)39-27-52-50(56-46(39)61(60)40-15-9-31-17-21-51(65,4-2)45(31)54-40)53-34-10-5-33-28-59(24-19-32(33)26-34)49-43(66-49)30-6-11-35(12-7-30)58-23-18-29-8-13-37-42(38-14-16-41(62)55-47(38)63)57-67-44(37)36(29)20-25-58/h3,5,8-10,13,15,26-27,30,35,38,43,49,65H,1,4,6-7,11-12,14,16-25,28H2,2H3,(H,52,53,56)(H,55,62,63)/t30?,35?,38?,43?,49?,51-/m1/s1. The molecule has 0 spiro atoms. The van der Waals surface area contributed by atoms with Gasteiger partial charge in [0.1, 0.15) is 29.0 Å². The number of piperidine rings is 1. The van der Waals surface area contributed by atoms with Gasteiger partial charge in [0.15, 0.2) is 17.0 Å². The fourth-order valence-electron chi connectivity index (χ4n) is 12.0. The number of imide groups is 1. The molecule has 16 heteroatoms. The average Bonchev–Trinajstić information content (AvgIpc) is 3.91. The normalized spacial score (nSPS) is 26.5. The third kappa shape index (κ3) is 7.39. The number of ether oxygens (including phenoxy) is 1. The van der Waals surface area contributed by atoms with Crippen LogP contribution in [0.3, 0.4) is 0 Å². The molecule has 0 bridgehead atoms. The van der Waals surface area contributed by atoms with Crippen molar-refractivity contribution in [2.45, 2.75) is 127 Å². The van der Waals surface area contributed by atoms with E-state index < -0.39 is 11.5 Å². The number of anilines is 2. The minimum atomic E-state index is -0.994. The monoisotopic (exact) mass is 904 g/mol. The maximum absolute atomic E-state index is 13.6. The maximum Gasteiger partial charge on any atom is 0.278 e. The van der Waals surface area contributed by atoms with Crippen molar-refractivity contribution >= 4 is 45.5 Å². The van der Waals surface area contributed by atoms with Crippen molar-refractivity contribution in [3.8, 4) is 5.82 Å². The fourth-order valence-corrected chi connectivity index (χ4v) is 12.0. The number of rotatable bonds is 10. The second-order valence-corrected chi connectivity index (χ2v) is 19.6. The Morgan fingerprint density at radius 1 is 0.896 bits per heavy atom. The SMILES string of the molecule is C=CCn1c(=O)c2cnc(Nc3ccc4c(c3)CCN(C3OC3C3CCC(N5CCc6ccc7c(C8CCC(=O)NC8=O)noc7c6CC5)CC3)C4)nc2n1-c1ccc2c(n1)[C@@](O)(CC)CC2. The molecule has 4 aromatic heterocycles. The highest BCUT2D eigenvalue weighted by atomic mass is 16.6. The van der Waals surface area contributed by atoms with E-state index in [9.17, 15) is 19.5 Å². The minimum Gasteiger partial charge on any atom is -0.384 e. The molecule has 2 aliphatic carbocycles. The molecule has 2 saturated heterocycles. The highest BCUT2D eigenvalue weighted by Gasteiger charge is 2.50. The van der Waals surface area contributed by atoms with E-state index in [0.29, 0.717) is 71.8 Å². The first-order valence-electron chi connectivity index (χ1n) is 24.2. The van der Waals surface area contributed by atoms with E-state index in [1.165, 1.54) is 47.9 Å². The molecule has 3 unspecified atom stereocenters. The van der Waals surface area contributed by atoms with Gasteiger partial charge < -0.3 is 19.7 Å². The Morgan fingerprint density at radius 3 is 2.54 bits per heavy atom. The summed E-state index contributed by atoms with van der Waals surface area (Å²) in [7, 11) is 0. The van der Waals surface area contributed by atoms with Crippen LogP contribution in [-0.2, 0) is 58.7 Å². The van der Waals surface area contributed by atoms with Gasteiger partial charge in [-0.1, -0.05) is 36.4 Å². The highest BCUT2D eigenvalue weighted by molar-refractivity contribution is 6.02. The fraction of sp³-hybridized carbons (Fsp3) is 0.471. The first-order chi connectivity index (χ1) is 32.7. The molecule has 0 radical (unpaired) electrons. The van der Waals surface area contributed by atoms with Crippen molar-refractivity contribution < 1.29 is 24.0 Å². The number of allylic oxidation sites excluding steroid dienone is 1. The number of hydrogen-bond acceptors (Lipinski definition) is 13. The van der Waals surface area contributed by atoms with E-state index in [4.69, 9.17) is 19.2 Å². The lowest BCUT2D eigenvalue weighted by atomic mass is 9.83. The Hall–Kier alpha value is -6.07. The number of nitrogens with one attached hydrogen (secondary N) is 2. The number of aromatic nitrogens is 6. The molecular formula is C51H56N10O6. The molecule has 1 saturated carbocycles. The van der Waals surface area contributed by atoms with E-state index in [1.807, 2.05) is 19.1 Å². The number of benzene rings is 2. The zero-order valence-electron chi connectivity index (χ0n) is 37.9. The van der Waals surface area contributed by atoms with Crippen LogP contribution in [0.2, 0.25) is 0 Å². The van der Waals surface area contributed by atoms with Crippen LogP contribution in [0.25, 0.3) is 27.8 Å². The lowest BCUT2D eigenvalue weighted by Crippen LogP contribution is -2.41. The number of carbonyl (C=O) groups is 2. The topological polar surface area (TPSA) is 189 Å². The van der Waals surface area contributed by atoms with Gasteiger partial charge in [-0.15, -0.1) is 6.58 Å². The number of pyridine rings is 1. The number of hydrogen-bond donors (Lipinski definition) is 3. The van der Waals surface area contributed by atoms with Gasteiger partial charge in [0.25, 0.3) is 5.56 Å². The first kappa shape index (κ1) is 42.3. The summed E-state index contributed by atoms with van der Waals surface area (Å²) in [6, 6.07) is 15.1. The van der Waals surface area contributed by atoms with Gasteiger partial charge in [0, 0.05) is 61.5 Å². The maximum atomic E-state index is 13.6. The van der Waals surface area contributed by atoms with Crippen molar-refractivity contribution in [1.82, 2.24) is 44.6 Å². The largest absolute Gasteiger partial charge is 0.384 e. The zero-order chi connectivity index (χ0) is 45.6. The van der Waals surface area contributed by atoms with Crippen LogP contribution in [0.5, 0.6) is 0 Å². The van der Waals surface area contributed by atoms with Crippen LogP contribution < -0.4 is 16.2 Å². The Kier molecular flexibility index (Phi) is 10.5. The molecule has 16 nitrogen and oxygen atoms in total. The van der Waals surface area contributed by atoms with E-state index in [-0.39, 0.29) is 36.3 Å². The molecule has 346 valence electrons. The Morgan fingerprint density at radius 2 is 1.70 bits per heavy atom. The molecule has 12 rings (SSSR count). The van der Waals surface area contributed by atoms with Crippen molar-refractivity contribution in [3.05, 3.63) is 111 Å². The predicted octanol–water partition coefficient (Wildman–Crippen LogP) is 5.85. The number of aryl methyl sites for hydroxylation is 1.